The number of methoxy groups -OCH3 is 1. The fraction of sp³-hybridized carbons (Fsp3) is 0.368. The van der Waals surface area contributed by atoms with Gasteiger partial charge in [0.15, 0.2) is 0 Å². The van der Waals surface area contributed by atoms with Gasteiger partial charge in [0.05, 0.1) is 31.5 Å². The molecule has 0 saturated heterocycles. The van der Waals surface area contributed by atoms with Crippen molar-refractivity contribution in [3.63, 3.8) is 0 Å². The number of hydrogen-bond donors (Lipinski definition) is 1. The van der Waals surface area contributed by atoms with E-state index in [4.69, 9.17) is 4.74 Å². The van der Waals surface area contributed by atoms with Crippen LogP contribution in [0.1, 0.15) is 49.6 Å². The molecule has 0 aliphatic heterocycles. The number of carbonyl (C=O) groups is 1. The van der Waals surface area contributed by atoms with E-state index in [0.29, 0.717) is 18.1 Å². The lowest BCUT2D eigenvalue weighted by atomic mass is 10.0. The number of carbonyl (C=O) groups excluding carboxylic acids is 1. The summed E-state index contributed by atoms with van der Waals surface area (Å²) >= 11 is 0. The molecule has 2 rings (SSSR count). The van der Waals surface area contributed by atoms with E-state index >= 15 is 0 Å². The molecule has 1 amide bonds. The molecular formula is C19H24N2O2. The highest BCUT2D eigenvalue weighted by Crippen LogP contribution is 2.16. The van der Waals surface area contributed by atoms with Gasteiger partial charge in [-0.15, -0.1) is 0 Å². The fourth-order valence-electron chi connectivity index (χ4n) is 2.34. The van der Waals surface area contributed by atoms with Crippen LogP contribution in [0.3, 0.4) is 0 Å². The summed E-state index contributed by atoms with van der Waals surface area (Å²) in [6, 6.07) is 11.8. The Morgan fingerprint density at radius 3 is 2.35 bits per heavy atom. The first kappa shape index (κ1) is 17.0. The van der Waals surface area contributed by atoms with Crippen molar-refractivity contribution in [1.29, 1.82) is 0 Å². The van der Waals surface area contributed by atoms with Gasteiger partial charge in [0.25, 0.3) is 0 Å². The minimum absolute atomic E-state index is 0.00702. The molecule has 1 heterocycles. The maximum atomic E-state index is 12.2. The van der Waals surface area contributed by atoms with E-state index in [9.17, 15) is 4.79 Å². The molecule has 0 radical (unpaired) electrons. The largest absolute Gasteiger partial charge is 0.495 e. The molecule has 1 aromatic heterocycles. The second kappa shape index (κ2) is 7.77. The predicted molar refractivity (Wildman–Crippen MR) is 91.6 cm³/mol. The third-order valence-electron chi connectivity index (χ3n) is 3.83. The van der Waals surface area contributed by atoms with Gasteiger partial charge < -0.3 is 10.1 Å². The normalized spacial score (nSPS) is 12.0. The molecule has 4 nitrogen and oxygen atoms in total. The van der Waals surface area contributed by atoms with Gasteiger partial charge in [0.2, 0.25) is 5.91 Å². The van der Waals surface area contributed by atoms with Crippen LogP contribution in [0, 0.1) is 0 Å². The number of aromatic nitrogens is 1. The standard InChI is InChI=1S/C19H24N2O2/c1-13(2)16-7-5-15(6-8-16)11-19(22)21-14(3)18-10-9-17(23-4)12-20-18/h5-10,12-14H,11H2,1-4H3,(H,21,22)/t14-/m1/s1. The topological polar surface area (TPSA) is 51.2 Å². The Morgan fingerprint density at radius 1 is 1.13 bits per heavy atom. The van der Waals surface area contributed by atoms with Crippen molar-refractivity contribution in [1.82, 2.24) is 10.3 Å². The van der Waals surface area contributed by atoms with Crippen molar-refractivity contribution in [2.45, 2.75) is 39.2 Å². The highest BCUT2D eigenvalue weighted by Gasteiger charge is 2.11. The zero-order valence-corrected chi connectivity index (χ0v) is 14.2. The van der Waals surface area contributed by atoms with Gasteiger partial charge in [-0.2, -0.15) is 0 Å². The minimum Gasteiger partial charge on any atom is -0.495 e. The van der Waals surface area contributed by atoms with Crippen LogP contribution in [0.2, 0.25) is 0 Å². The average molecular weight is 312 g/mol. The molecule has 0 bridgehead atoms. The summed E-state index contributed by atoms with van der Waals surface area (Å²) in [7, 11) is 1.60. The number of nitrogens with one attached hydrogen (secondary N) is 1. The van der Waals surface area contributed by atoms with Gasteiger partial charge >= 0.3 is 0 Å². The molecular weight excluding hydrogens is 288 g/mol. The Balaban J connectivity index is 1.92. The van der Waals surface area contributed by atoms with Gasteiger partial charge in [-0.1, -0.05) is 38.1 Å². The summed E-state index contributed by atoms with van der Waals surface area (Å²) in [6.45, 7) is 6.24. The van der Waals surface area contributed by atoms with Crippen molar-refractivity contribution in [2.24, 2.45) is 0 Å². The van der Waals surface area contributed by atoms with E-state index in [2.05, 4.69) is 36.3 Å². The molecule has 0 unspecified atom stereocenters. The average Bonchev–Trinajstić information content (AvgIpc) is 2.55. The van der Waals surface area contributed by atoms with E-state index in [1.165, 1.54) is 5.56 Å². The number of ether oxygens (including phenoxy) is 1. The SMILES string of the molecule is COc1ccc([C@@H](C)NC(=O)Cc2ccc(C(C)C)cc2)nc1. The summed E-state index contributed by atoms with van der Waals surface area (Å²) in [5.74, 6) is 1.20. The van der Waals surface area contributed by atoms with Gasteiger partial charge in [-0.3, -0.25) is 9.78 Å². The first-order valence-corrected chi connectivity index (χ1v) is 7.87. The monoisotopic (exact) mass is 312 g/mol. The number of benzene rings is 1. The first-order valence-electron chi connectivity index (χ1n) is 7.87. The Kier molecular flexibility index (Phi) is 5.74. The van der Waals surface area contributed by atoms with Crippen molar-refractivity contribution in [2.75, 3.05) is 7.11 Å². The van der Waals surface area contributed by atoms with Crippen molar-refractivity contribution >= 4 is 5.91 Å². The van der Waals surface area contributed by atoms with Crippen LogP contribution in [-0.4, -0.2) is 18.0 Å². The Labute approximate surface area is 137 Å². The lowest BCUT2D eigenvalue weighted by Gasteiger charge is -2.14. The van der Waals surface area contributed by atoms with E-state index in [1.807, 2.05) is 31.2 Å². The molecule has 1 aromatic carbocycles. The molecule has 2 aromatic rings. The lowest BCUT2D eigenvalue weighted by molar-refractivity contribution is -0.121. The van der Waals surface area contributed by atoms with Crippen LogP contribution in [0.25, 0.3) is 0 Å². The van der Waals surface area contributed by atoms with Gasteiger partial charge in [0, 0.05) is 0 Å². The number of pyridine rings is 1. The second-order valence-corrected chi connectivity index (χ2v) is 5.99. The van der Waals surface area contributed by atoms with Crippen LogP contribution in [0.4, 0.5) is 0 Å². The number of hydrogen-bond acceptors (Lipinski definition) is 3. The molecule has 0 spiro atoms. The molecule has 0 aliphatic rings. The highest BCUT2D eigenvalue weighted by atomic mass is 16.5. The van der Waals surface area contributed by atoms with Crippen molar-refractivity contribution in [3.8, 4) is 5.75 Å². The van der Waals surface area contributed by atoms with Crippen LogP contribution >= 0.6 is 0 Å². The molecule has 122 valence electrons. The lowest BCUT2D eigenvalue weighted by Crippen LogP contribution is -2.28. The number of rotatable bonds is 6. The summed E-state index contributed by atoms with van der Waals surface area (Å²) in [6.07, 6.45) is 2.03. The smallest absolute Gasteiger partial charge is 0.224 e. The van der Waals surface area contributed by atoms with E-state index in [0.717, 1.165) is 11.3 Å². The fourth-order valence-corrected chi connectivity index (χ4v) is 2.34. The molecule has 0 fully saturated rings. The number of nitrogens with zero attached hydrogens (tertiary/aromatic N) is 1. The van der Waals surface area contributed by atoms with Crippen LogP contribution < -0.4 is 10.1 Å². The molecule has 23 heavy (non-hydrogen) atoms. The van der Waals surface area contributed by atoms with Crippen molar-refractivity contribution < 1.29 is 9.53 Å². The third kappa shape index (κ3) is 4.81. The molecule has 4 heteroatoms. The maximum Gasteiger partial charge on any atom is 0.224 e. The summed E-state index contributed by atoms with van der Waals surface area (Å²) in [5.41, 5.74) is 3.11. The van der Waals surface area contributed by atoms with Crippen LogP contribution in [0.5, 0.6) is 5.75 Å². The zero-order valence-electron chi connectivity index (χ0n) is 14.2. The van der Waals surface area contributed by atoms with Crippen LogP contribution in [-0.2, 0) is 11.2 Å². The summed E-state index contributed by atoms with van der Waals surface area (Å²) in [5, 5.41) is 2.98. The Morgan fingerprint density at radius 2 is 1.83 bits per heavy atom. The molecule has 0 saturated carbocycles. The van der Waals surface area contributed by atoms with E-state index in [-0.39, 0.29) is 11.9 Å². The quantitative estimate of drug-likeness (QED) is 0.886. The molecule has 0 aliphatic carbocycles. The predicted octanol–water partition coefficient (Wildman–Crippen LogP) is 3.63. The minimum atomic E-state index is -0.136. The summed E-state index contributed by atoms with van der Waals surface area (Å²) < 4.78 is 5.09. The maximum absolute atomic E-state index is 12.2. The third-order valence-corrected chi connectivity index (χ3v) is 3.83. The van der Waals surface area contributed by atoms with E-state index < -0.39 is 0 Å². The highest BCUT2D eigenvalue weighted by molar-refractivity contribution is 5.78. The van der Waals surface area contributed by atoms with Gasteiger partial charge in [-0.05, 0) is 36.1 Å². The molecule has 1 atom stereocenters. The number of amides is 1. The summed E-state index contributed by atoms with van der Waals surface area (Å²) in [4.78, 5) is 16.5. The van der Waals surface area contributed by atoms with Gasteiger partial charge in [0.1, 0.15) is 5.75 Å². The van der Waals surface area contributed by atoms with Crippen molar-refractivity contribution in [3.05, 3.63) is 59.4 Å². The van der Waals surface area contributed by atoms with Gasteiger partial charge in [-0.25, -0.2) is 0 Å². The first-order chi connectivity index (χ1) is 11.0. The second-order valence-electron chi connectivity index (χ2n) is 5.99. The Bertz CT molecular complexity index is 633. The van der Waals surface area contributed by atoms with Crippen LogP contribution in [0.15, 0.2) is 42.6 Å². The van der Waals surface area contributed by atoms with E-state index in [1.54, 1.807) is 13.3 Å². The molecule has 1 N–H and O–H groups in total. The Hall–Kier alpha value is -2.36. The zero-order chi connectivity index (χ0) is 16.8.